The minimum Gasteiger partial charge on any atom is -0.380 e. The maximum absolute atomic E-state index is 12.8. The summed E-state index contributed by atoms with van der Waals surface area (Å²) in [7, 11) is -3.83. The summed E-state index contributed by atoms with van der Waals surface area (Å²) in [5, 5.41) is 8.97. The fraction of sp³-hybridized carbons (Fsp3) is 0.462. The smallest absolute Gasteiger partial charge is 0.328 e. The molecular weight excluding hydrogens is 496 g/mol. The van der Waals surface area contributed by atoms with Gasteiger partial charge in [-0.05, 0) is 37.1 Å². The van der Waals surface area contributed by atoms with E-state index in [1.54, 1.807) is 6.20 Å². The Labute approximate surface area is 216 Å². The number of hydrogen-bond acceptors (Lipinski definition) is 7. The fourth-order valence-corrected chi connectivity index (χ4v) is 5.93. The lowest BCUT2D eigenvalue weighted by atomic mass is 9.78. The number of rotatable bonds is 7. The van der Waals surface area contributed by atoms with E-state index in [0.29, 0.717) is 11.0 Å². The van der Waals surface area contributed by atoms with Crippen LogP contribution in [-0.4, -0.2) is 83.8 Å². The molecule has 4 heterocycles. The summed E-state index contributed by atoms with van der Waals surface area (Å²) < 4.78 is 29.3. The van der Waals surface area contributed by atoms with Gasteiger partial charge >= 0.3 is 6.03 Å². The predicted molar refractivity (Wildman–Crippen MR) is 134 cm³/mol. The van der Waals surface area contributed by atoms with E-state index in [4.69, 9.17) is 9.94 Å². The summed E-state index contributed by atoms with van der Waals surface area (Å²) in [4.78, 5) is 28.8. The number of nitrogens with one attached hydrogen (secondary N) is 1. The second-order valence-electron chi connectivity index (χ2n) is 10.6. The van der Waals surface area contributed by atoms with Crippen LogP contribution in [0.1, 0.15) is 35.7 Å². The van der Waals surface area contributed by atoms with Gasteiger partial charge in [0.1, 0.15) is 0 Å². The summed E-state index contributed by atoms with van der Waals surface area (Å²) in [5.74, 6) is 5.23. The Morgan fingerprint density at radius 3 is 2.43 bits per heavy atom. The number of carbonyl (C=O) groups is 2. The SMILES string of the molecule is CC(CCN1Cc2cc(C#Cc3ccc(CN4CC5(COC5)C4)cc3)cn2C1=O)(C(=O)NO)S(C)(=O)=O. The summed E-state index contributed by atoms with van der Waals surface area (Å²) in [6, 6.07) is 9.71. The second kappa shape index (κ2) is 9.29. The Morgan fingerprint density at radius 2 is 1.86 bits per heavy atom. The molecule has 0 aliphatic carbocycles. The Balaban J connectivity index is 1.17. The molecule has 196 valence electrons. The summed E-state index contributed by atoms with van der Waals surface area (Å²) in [5.41, 5.74) is 5.41. The normalized spacial score (nSPS) is 19.9. The van der Waals surface area contributed by atoms with Crippen LogP contribution in [0.5, 0.6) is 0 Å². The number of aromatic nitrogens is 1. The third kappa shape index (κ3) is 4.78. The standard InChI is InChI=1S/C26H30N4O6S/c1-25(23(31)27-33,37(2,34)35)9-10-29-14-22-11-21(13-30(22)24(29)32)8-5-19-3-6-20(7-4-19)12-28-15-26(16-28)17-36-18-26/h3-4,6-7,11,13,33H,9-10,12,14-18H2,1-2H3,(H,27,31). The van der Waals surface area contributed by atoms with Gasteiger partial charge in [-0.3, -0.25) is 19.5 Å². The van der Waals surface area contributed by atoms with Crippen LogP contribution >= 0.6 is 0 Å². The van der Waals surface area contributed by atoms with Crippen LogP contribution in [0.3, 0.4) is 0 Å². The van der Waals surface area contributed by atoms with E-state index in [1.807, 2.05) is 18.2 Å². The molecule has 1 unspecified atom stereocenters. The highest BCUT2D eigenvalue weighted by molar-refractivity contribution is 7.92. The molecule has 1 spiro atoms. The third-order valence-electron chi connectivity index (χ3n) is 7.63. The van der Waals surface area contributed by atoms with Crippen LogP contribution in [0.25, 0.3) is 0 Å². The number of nitrogens with zero attached hydrogens (tertiary/aromatic N) is 3. The van der Waals surface area contributed by atoms with Gasteiger partial charge in [-0.2, -0.15) is 0 Å². The predicted octanol–water partition coefficient (Wildman–Crippen LogP) is 1.20. The number of sulfone groups is 1. The number of fused-ring (bicyclic) bond motifs is 1. The van der Waals surface area contributed by atoms with Gasteiger partial charge in [0.15, 0.2) is 14.6 Å². The molecule has 1 aromatic carbocycles. The summed E-state index contributed by atoms with van der Waals surface area (Å²) >= 11 is 0. The van der Waals surface area contributed by atoms with Gasteiger partial charge in [0.05, 0.1) is 19.8 Å². The molecule has 2 saturated heterocycles. The van der Waals surface area contributed by atoms with Crippen molar-refractivity contribution >= 4 is 21.8 Å². The highest BCUT2D eigenvalue weighted by Gasteiger charge is 2.48. The Bertz CT molecular complexity index is 1390. The first-order valence-electron chi connectivity index (χ1n) is 12.1. The number of hydroxylamine groups is 1. The molecule has 11 heteroatoms. The number of amides is 2. The highest BCUT2D eigenvalue weighted by Crippen LogP contribution is 2.38. The lowest BCUT2D eigenvalue weighted by Gasteiger charge is -2.55. The van der Waals surface area contributed by atoms with Crippen molar-refractivity contribution in [2.24, 2.45) is 5.41 Å². The minimum atomic E-state index is -3.83. The van der Waals surface area contributed by atoms with E-state index in [0.717, 1.165) is 50.4 Å². The van der Waals surface area contributed by atoms with Gasteiger partial charge in [0, 0.05) is 60.9 Å². The van der Waals surface area contributed by atoms with E-state index >= 15 is 0 Å². The van der Waals surface area contributed by atoms with Crippen molar-refractivity contribution in [3.05, 3.63) is 58.9 Å². The molecule has 37 heavy (non-hydrogen) atoms. The first-order valence-corrected chi connectivity index (χ1v) is 14.0. The zero-order valence-electron chi connectivity index (χ0n) is 20.9. The van der Waals surface area contributed by atoms with Gasteiger partial charge < -0.3 is 9.64 Å². The maximum Gasteiger partial charge on any atom is 0.328 e. The Morgan fingerprint density at radius 1 is 1.19 bits per heavy atom. The number of carbonyl (C=O) groups excluding carboxylic acids is 2. The Kier molecular flexibility index (Phi) is 6.40. The molecular formula is C26H30N4O6S. The average Bonchev–Trinajstić information content (AvgIpc) is 3.34. The molecule has 1 aromatic heterocycles. The van der Waals surface area contributed by atoms with Crippen molar-refractivity contribution < 1.29 is 28.0 Å². The van der Waals surface area contributed by atoms with Crippen molar-refractivity contribution in [3.8, 4) is 11.8 Å². The summed E-state index contributed by atoms with van der Waals surface area (Å²) in [6.07, 6.45) is 2.45. The van der Waals surface area contributed by atoms with Crippen molar-refractivity contribution in [1.82, 2.24) is 19.8 Å². The molecule has 2 N–H and O–H groups in total. The van der Waals surface area contributed by atoms with Crippen LogP contribution in [-0.2, 0) is 32.5 Å². The lowest BCUT2D eigenvalue weighted by molar-refractivity contribution is -0.191. The van der Waals surface area contributed by atoms with Gasteiger partial charge in [-0.15, -0.1) is 0 Å². The van der Waals surface area contributed by atoms with Crippen LogP contribution in [0.2, 0.25) is 0 Å². The molecule has 3 aliphatic rings. The molecule has 2 fully saturated rings. The second-order valence-corrected chi connectivity index (χ2v) is 13.0. The molecule has 0 saturated carbocycles. The fourth-order valence-electron chi connectivity index (χ4n) is 5.08. The molecule has 2 amide bonds. The molecule has 3 aliphatic heterocycles. The maximum atomic E-state index is 12.8. The van der Waals surface area contributed by atoms with Crippen molar-refractivity contribution in [1.29, 1.82) is 0 Å². The average molecular weight is 527 g/mol. The highest BCUT2D eigenvalue weighted by atomic mass is 32.2. The van der Waals surface area contributed by atoms with Crippen LogP contribution < -0.4 is 5.48 Å². The van der Waals surface area contributed by atoms with Gasteiger partial charge in [-0.25, -0.2) is 18.7 Å². The van der Waals surface area contributed by atoms with Crippen LogP contribution in [0, 0.1) is 17.3 Å². The molecule has 0 radical (unpaired) electrons. The molecule has 5 rings (SSSR count). The van der Waals surface area contributed by atoms with Crippen LogP contribution in [0.4, 0.5) is 4.79 Å². The van der Waals surface area contributed by atoms with Gasteiger partial charge in [-0.1, -0.05) is 24.0 Å². The summed E-state index contributed by atoms with van der Waals surface area (Å²) in [6.45, 7) is 6.44. The zero-order valence-corrected chi connectivity index (χ0v) is 21.7. The zero-order chi connectivity index (χ0) is 26.4. The molecule has 2 aromatic rings. The topological polar surface area (TPSA) is 121 Å². The molecule has 0 bridgehead atoms. The lowest BCUT2D eigenvalue weighted by Crippen LogP contribution is -2.65. The van der Waals surface area contributed by atoms with Crippen molar-refractivity contribution in [2.75, 3.05) is 39.1 Å². The first kappa shape index (κ1) is 25.5. The van der Waals surface area contributed by atoms with E-state index in [2.05, 4.69) is 28.9 Å². The molecule has 1 atom stereocenters. The number of benzene rings is 1. The van der Waals surface area contributed by atoms with Gasteiger partial charge in [0.2, 0.25) is 0 Å². The minimum absolute atomic E-state index is 0.0387. The largest absolute Gasteiger partial charge is 0.380 e. The van der Waals surface area contributed by atoms with E-state index in [-0.39, 0.29) is 25.5 Å². The molecule has 10 nitrogen and oxygen atoms in total. The number of hydrogen-bond donors (Lipinski definition) is 2. The van der Waals surface area contributed by atoms with E-state index < -0.39 is 20.5 Å². The number of likely N-dealkylation sites (tertiary alicyclic amines) is 1. The first-order chi connectivity index (χ1) is 17.5. The monoisotopic (exact) mass is 526 g/mol. The quantitative estimate of drug-likeness (QED) is 0.316. The van der Waals surface area contributed by atoms with Gasteiger partial charge in [0.25, 0.3) is 5.91 Å². The van der Waals surface area contributed by atoms with Crippen molar-refractivity contribution in [3.63, 3.8) is 0 Å². The van der Waals surface area contributed by atoms with E-state index in [9.17, 15) is 18.0 Å². The van der Waals surface area contributed by atoms with E-state index in [1.165, 1.54) is 27.4 Å². The Hall–Kier alpha value is -3.17. The number of ether oxygens (including phenoxy) is 1. The third-order valence-corrected chi connectivity index (χ3v) is 9.66. The van der Waals surface area contributed by atoms with Crippen molar-refractivity contribution in [2.45, 2.75) is 31.2 Å². The van der Waals surface area contributed by atoms with Crippen LogP contribution in [0.15, 0.2) is 36.5 Å².